The Bertz CT molecular complexity index is 394. The minimum atomic E-state index is -0.00956. The summed E-state index contributed by atoms with van der Waals surface area (Å²) in [6.45, 7) is 7.67. The first-order valence-electron chi connectivity index (χ1n) is 7.59. The van der Waals surface area contributed by atoms with Gasteiger partial charge in [0.05, 0.1) is 6.07 Å². The summed E-state index contributed by atoms with van der Waals surface area (Å²) in [6, 6.07) is 2.23. The van der Waals surface area contributed by atoms with Crippen molar-refractivity contribution in [2.24, 2.45) is 16.3 Å². The van der Waals surface area contributed by atoms with E-state index < -0.39 is 0 Å². The van der Waals surface area contributed by atoms with Gasteiger partial charge in [0, 0.05) is 24.3 Å². The predicted octanol–water partition coefficient (Wildman–Crippen LogP) is 5.20. The summed E-state index contributed by atoms with van der Waals surface area (Å²) in [6.07, 6.45) is 18.5. The van der Waals surface area contributed by atoms with E-state index in [1.54, 1.807) is 12.3 Å². The first-order chi connectivity index (χ1) is 9.76. The molecule has 0 radical (unpaired) electrons. The minimum absolute atomic E-state index is 0.00956. The molecule has 20 heavy (non-hydrogen) atoms. The molecule has 0 aromatic carbocycles. The molecule has 1 fully saturated rings. The van der Waals surface area contributed by atoms with E-state index in [-0.39, 0.29) is 5.41 Å². The lowest BCUT2D eigenvalue weighted by molar-refractivity contribution is 0.321. The molecule has 1 aliphatic carbocycles. The van der Waals surface area contributed by atoms with Crippen LogP contribution < -0.4 is 0 Å². The van der Waals surface area contributed by atoms with Gasteiger partial charge in [-0.05, 0) is 25.2 Å². The largest absolute Gasteiger partial charge is 0.265 e. The van der Waals surface area contributed by atoms with Gasteiger partial charge in [0.2, 0.25) is 0 Å². The highest BCUT2D eigenvalue weighted by Gasteiger charge is 2.28. The van der Waals surface area contributed by atoms with Crippen LogP contribution in [0.5, 0.6) is 0 Å². The van der Waals surface area contributed by atoms with Crippen molar-refractivity contribution in [1.29, 1.82) is 5.26 Å². The number of aliphatic imine (C=N–C) groups is 1. The van der Waals surface area contributed by atoms with E-state index in [0.717, 1.165) is 25.2 Å². The van der Waals surface area contributed by atoms with Gasteiger partial charge < -0.3 is 0 Å². The number of hydrogen-bond donors (Lipinski definition) is 0. The summed E-state index contributed by atoms with van der Waals surface area (Å²) in [4.78, 5) is 4.19. The Morgan fingerprint density at radius 1 is 1.30 bits per heavy atom. The summed E-state index contributed by atoms with van der Waals surface area (Å²) < 4.78 is 0. The van der Waals surface area contributed by atoms with Crippen LogP contribution in [0.4, 0.5) is 0 Å². The van der Waals surface area contributed by atoms with E-state index in [0.29, 0.717) is 6.42 Å². The maximum absolute atomic E-state index is 8.74. The van der Waals surface area contributed by atoms with Crippen LogP contribution >= 0.6 is 0 Å². The lowest BCUT2D eigenvalue weighted by Crippen LogP contribution is -2.18. The zero-order valence-electron chi connectivity index (χ0n) is 12.4. The topological polar surface area (TPSA) is 36.1 Å². The van der Waals surface area contributed by atoms with Gasteiger partial charge in [0.1, 0.15) is 0 Å². The maximum atomic E-state index is 8.74. The van der Waals surface area contributed by atoms with E-state index in [4.69, 9.17) is 5.26 Å². The lowest BCUT2D eigenvalue weighted by Gasteiger charge is -2.30. The number of unbranched alkanes of at least 4 members (excludes halogenated alkanes) is 1. The van der Waals surface area contributed by atoms with Crippen molar-refractivity contribution in [3.05, 3.63) is 37.6 Å². The number of nitrogens with zero attached hydrogens (tertiary/aromatic N) is 2. The Morgan fingerprint density at radius 2 is 2.05 bits per heavy atom. The van der Waals surface area contributed by atoms with Crippen LogP contribution in [0.1, 0.15) is 51.4 Å². The zero-order valence-corrected chi connectivity index (χ0v) is 12.4. The molecule has 0 aromatic heterocycles. The average Bonchev–Trinajstić information content (AvgIpc) is 2.96. The summed E-state index contributed by atoms with van der Waals surface area (Å²) in [7, 11) is 0. The summed E-state index contributed by atoms with van der Waals surface area (Å²) in [5.41, 5.74) is -0.00956. The maximum Gasteiger partial charge on any atom is 0.0621 e. The third-order valence-corrected chi connectivity index (χ3v) is 4.16. The van der Waals surface area contributed by atoms with Crippen molar-refractivity contribution in [3.8, 4) is 6.07 Å². The predicted molar refractivity (Wildman–Crippen MR) is 86.5 cm³/mol. The Hall–Kier alpha value is -1.62. The molecule has 1 aliphatic rings. The van der Waals surface area contributed by atoms with E-state index in [9.17, 15) is 0 Å². The van der Waals surface area contributed by atoms with E-state index >= 15 is 0 Å². The fraction of sp³-hybridized carbons (Fsp3) is 0.556. The van der Waals surface area contributed by atoms with Gasteiger partial charge in [-0.2, -0.15) is 5.26 Å². The fourth-order valence-corrected chi connectivity index (χ4v) is 3.06. The molecular weight excluding hydrogens is 244 g/mol. The number of hydrogen-bond acceptors (Lipinski definition) is 2. The normalized spacial score (nSPS) is 19.1. The fourth-order valence-electron chi connectivity index (χ4n) is 3.06. The van der Waals surface area contributed by atoms with Gasteiger partial charge in [-0.3, -0.25) is 4.99 Å². The second-order valence-electron chi connectivity index (χ2n) is 5.65. The van der Waals surface area contributed by atoms with Gasteiger partial charge in [-0.25, -0.2) is 0 Å². The van der Waals surface area contributed by atoms with E-state index in [1.807, 2.05) is 6.20 Å². The van der Waals surface area contributed by atoms with E-state index in [1.165, 1.54) is 25.7 Å². The number of nitriles is 1. The highest BCUT2D eigenvalue weighted by Crippen LogP contribution is 2.41. The van der Waals surface area contributed by atoms with Crippen LogP contribution in [-0.2, 0) is 0 Å². The van der Waals surface area contributed by atoms with Crippen LogP contribution in [0.3, 0.4) is 0 Å². The molecular formula is C18H26N2. The second kappa shape index (κ2) is 9.31. The van der Waals surface area contributed by atoms with Crippen LogP contribution in [0.2, 0.25) is 0 Å². The minimum Gasteiger partial charge on any atom is -0.265 e. The summed E-state index contributed by atoms with van der Waals surface area (Å²) in [5.74, 6) is 0.795. The third-order valence-electron chi connectivity index (χ3n) is 4.16. The molecule has 0 bridgehead atoms. The molecule has 1 rings (SSSR count). The van der Waals surface area contributed by atoms with Crippen molar-refractivity contribution < 1.29 is 0 Å². The lowest BCUT2D eigenvalue weighted by atomic mass is 9.75. The van der Waals surface area contributed by atoms with Crippen molar-refractivity contribution in [3.63, 3.8) is 0 Å². The van der Waals surface area contributed by atoms with Crippen molar-refractivity contribution in [2.45, 2.75) is 51.4 Å². The van der Waals surface area contributed by atoms with Gasteiger partial charge in [0.15, 0.2) is 0 Å². The highest BCUT2D eigenvalue weighted by atomic mass is 14.7. The SMILES string of the molecule is C=CC=N/C=C\C(C=C)(CCCC#N)CC1CCCC1. The first kappa shape index (κ1) is 16.4. The molecule has 0 aliphatic heterocycles. The summed E-state index contributed by atoms with van der Waals surface area (Å²) >= 11 is 0. The summed E-state index contributed by atoms with van der Waals surface area (Å²) in [5, 5.41) is 8.74. The number of allylic oxidation sites excluding steroid dienone is 3. The molecule has 0 aromatic rings. The zero-order chi connectivity index (χ0) is 14.7. The van der Waals surface area contributed by atoms with Gasteiger partial charge in [-0.15, -0.1) is 6.58 Å². The quantitative estimate of drug-likeness (QED) is 0.322. The van der Waals surface area contributed by atoms with Crippen molar-refractivity contribution in [2.75, 3.05) is 0 Å². The second-order valence-corrected chi connectivity index (χ2v) is 5.65. The van der Waals surface area contributed by atoms with Gasteiger partial charge >= 0.3 is 0 Å². The monoisotopic (exact) mass is 270 g/mol. The highest BCUT2D eigenvalue weighted by molar-refractivity contribution is 5.70. The van der Waals surface area contributed by atoms with E-state index in [2.05, 4.69) is 36.4 Å². The molecule has 1 saturated carbocycles. The third kappa shape index (κ3) is 5.57. The van der Waals surface area contributed by atoms with Crippen molar-refractivity contribution >= 4 is 6.21 Å². The molecule has 0 spiro atoms. The molecule has 0 heterocycles. The standard InChI is InChI=1S/C18H26N2/c1-3-14-20-15-12-18(4-2,11-7-8-13-19)16-17-9-5-6-10-17/h3-4,12,14-15,17H,1-2,5-11,16H2/b15-12-,20-14?. The Labute approximate surface area is 123 Å². The van der Waals surface area contributed by atoms with Gasteiger partial charge in [0.25, 0.3) is 0 Å². The van der Waals surface area contributed by atoms with Crippen LogP contribution in [0.15, 0.2) is 42.6 Å². The molecule has 1 atom stereocenters. The molecule has 2 nitrogen and oxygen atoms in total. The first-order valence-corrected chi connectivity index (χ1v) is 7.59. The number of rotatable bonds is 9. The van der Waals surface area contributed by atoms with Crippen molar-refractivity contribution in [1.82, 2.24) is 0 Å². The van der Waals surface area contributed by atoms with Gasteiger partial charge in [-0.1, -0.05) is 50.5 Å². The Kier molecular flexibility index (Phi) is 7.65. The molecule has 0 N–H and O–H groups in total. The molecule has 0 amide bonds. The molecule has 0 saturated heterocycles. The Balaban J connectivity index is 2.74. The molecule has 108 valence electrons. The average molecular weight is 270 g/mol. The smallest absolute Gasteiger partial charge is 0.0621 e. The van der Waals surface area contributed by atoms with Crippen LogP contribution in [0.25, 0.3) is 0 Å². The Morgan fingerprint density at radius 3 is 2.65 bits per heavy atom. The van der Waals surface area contributed by atoms with Crippen LogP contribution in [-0.4, -0.2) is 6.21 Å². The molecule has 2 heteroatoms. The molecule has 1 unspecified atom stereocenters. The van der Waals surface area contributed by atoms with Crippen LogP contribution in [0, 0.1) is 22.7 Å².